The minimum atomic E-state index is -0.349. The molecule has 132 valence electrons. The lowest BCUT2D eigenvalue weighted by Gasteiger charge is -2.22. The first-order valence-corrected chi connectivity index (χ1v) is 8.45. The van der Waals surface area contributed by atoms with Crippen molar-refractivity contribution in [2.75, 3.05) is 26.8 Å². The van der Waals surface area contributed by atoms with Crippen LogP contribution >= 0.6 is 0 Å². The lowest BCUT2D eigenvalue weighted by Crippen LogP contribution is -2.30. The maximum atomic E-state index is 12.3. The Hall–Kier alpha value is -2.53. The van der Waals surface area contributed by atoms with Crippen molar-refractivity contribution in [1.82, 2.24) is 4.90 Å². The molecule has 3 rings (SSSR count). The second-order valence-electron chi connectivity index (χ2n) is 6.26. The summed E-state index contributed by atoms with van der Waals surface area (Å²) in [4.78, 5) is 14.5. The van der Waals surface area contributed by atoms with Gasteiger partial charge in [0.25, 0.3) is 0 Å². The van der Waals surface area contributed by atoms with E-state index in [2.05, 4.69) is 17.0 Å². The third kappa shape index (κ3) is 4.73. The summed E-state index contributed by atoms with van der Waals surface area (Å²) >= 11 is 0. The molecule has 2 aromatic rings. The number of nitrogens with zero attached hydrogens (tertiary/aromatic N) is 1. The molecular formula is C20H23NO4. The van der Waals surface area contributed by atoms with E-state index < -0.39 is 0 Å². The number of carbonyl (C=O) groups excluding carboxylic acids is 1. The van der Waals surface area contributed by atoms with Gasteiger partial charge in [0.15, 0.2) is 11.5 Å². The molecule has 2 aromatic carbocycles. The number of fused-ring (bicyclic) bond motifs is 1. The van der Waals surface area contributed by atoms with Crippen LogP contribution in [0.5, 0.6) is 11.5 Å². The number of carbonyl (C=O) groups is 1. The standard InChI is InChI=1S/C20H23NO4/c1-15(13-21(2)14-16-6-4-3-5-7-16)25-20(22)17-8-9-18-19(12-17)24-11-10-23-18/h3-9,12,15H,10-11,13-14H2,1-2H3/t15-/m1/s1. The molecule has 0 aliphatic carbocycles. The van der Waals surface area contributed by atoms with Crippen molar-refractivity contribution in [1.29, 1.82) is 0 Å². The highest BCUT2D eigenvalue weighted by Crippen LogP contribution is 2.31. The normalized spacial score (nSPS) is 14.2. The van der Waals surface area contributed by atoms with Gasteiger partial charge in [-0.25, -0.2) is 4.79 Å². The number of likely N-dealkylation sites (N-methyl/N-ethyl adjacent to an activating group) is 1. The molecule has 0 amide bonds. The molecule has 1 aliphatic heterocycles. The fraction of sp³-hybridized carbons (Fsp3) is 0.350. The van der Waals surface area contributed by atoms with E-state index in [4.69, 9.17) is 14.2 Å². The van der Waals surface area contributed by atoms with Crippen LogP contribution in [0, 0.1) is 0 Å². The number of esters is 1. The van der Waals surface area contributed by atoms with Crippen LogP contribution in [-0.2, 0) is 11.3 Å². The van der Waals surface area contributed by atoms with Crippen LogP contribution in [0.15, 0.2) is 48.5 Å². The van der Waals surface area contributed by atoms with Gasteiger partial charge in [-0.1, -0.05) is 30.3 Å². The topological polar surface area (TPSA) is 48.0 Å². The second kappa shape index (κ2) is 8.03. The summed E-state index contributed by atoms with van der Waals surface area (Å²) in [6.07, 6.45) is -0.214. The van der Waals surface area contributed by atoms with Gasteiger partial charge in [0, 0.05) is 13.1 Å². The number of benzene rings is 2. The average molecular weight is 341 g/mol. The predicted molar refractivity (Wildman–Crippen MR) is 95.1 cm³/mol. The molecule has 0 radical (unpaired) electrons. The fourth-order valence-corrected chi connectivity index (χ4v) is 2.86. The Labute approximate surface area is 148 Å². The van der Waals surface area contributed by atoms with Crippen molar-refractivity contribution in [2.24, 2.45) is 0 Å². The van der Waals surface area contributed by atoms with Gasteiger partial charge >= 0.3 is 5.97 Å². The third-order valence-electron chi connectivity index (χ3n) is 3.95. The zero-order valence-corrected chi connectivity index (χ0v) is 14.6. The summed E-state index contributed by atoms with van der Waals surface area (Å²) in [5.74, 6) is 0.908. The Morgan fingerprint density at radius 3 is 2.60 bits per heavy atom. The van der Waals surface area contributed by atoms with E-state index in [1.807, 2.05) is 32.2 Å². The lowest BCUT2D eigenvalue weighted by atomic mass is 10.2. The first kappa shape index (κ1) is 17.3. The summed E-state index contributed by atoms with van der Waals surface area (Å²) < 4.78 is 16.5. The molecule has 0 aromatic heterocycles. The summed E-state index contributed by atoms with van der Waals surface area (Å²) in [6.45, 7) is 4.39. The molecule has 0 unspecified atom stereocenters. The van der Waals surface area contributed by atoms with Gasteiger partial charge in [0.05, 0.1) is 5.56 Å². The van der Waals surface area contributed by atoms with Gasteiger partial charge in [0.2, 0.25) is 0 Å². The quantitative estimate of drug-likeness (QED) is 0.756. The van der Waals surface area contributed by atoms with Crippen molar-refractivity contribution in [3.8, 4) is 11.5 Å². The van der Waals surface area contributed by atoms with E-state index in [1.54, 1.807) is 18.2 Å². The second-order valence-corrected chi connectivity index (χ2v) is 6.26. The first-order chi connectivity index (χ1) is 12.1. The van der Waals surface area contributed by atoms with Gasteiger partial charge in [-0.05, 0) is 37.7 Å². The molecule has 5 heteroatoms. The van der Waals surface area contributed by atoms with E-state index in [9.17, 15) is 4.79 Å². The summed E-state index contributed by atoms with van der Waals surface area (Å²) in [7, 11) is 2.02. The highest BCUT2D eigenvalue weighted by Gasteiger charge is 2.18. The third-order valence-corrected chi connectivity index (χ3v) is 3.95. The van der Waals surface area contributed by atoms with Crippen LogP contribution in [0.1, 0.15) is 22.8 Å². The monoisotopic (exact) mass is 341 g/mol. The van der Waals surface area contributed by atoms with Crippen LogP contribution in [0.4, 0.5) is 0 Å². The SMILES string of the molecule is C[C@H](CN(C)Cc1ccccc1)OC(=O)c1ccc2c(c1)OCCO2. The van der Waals surface area contributed by atoms with Crippen molar-refractivity contribution in [3.63, 3.8) is 0 Å². The molecule has 1 atom stereocenters. The largest absolute Gasteiger partial charge is 0.486 e. The predicted octanol–water partition coefficient (Wildman–Crippen LogP) is 3.14. The van der Waals surface area contributed by atoms with E-state index in [0.29, 0.717) is 36.8 Å². The molecule has 0 saturated heterocycles. The summed E-state index contributed by atoms with van der Waals surface area (Å²) in [5.41, 5.74) is 1.71. The van der Waals surface area contributed by atoms with Crippen molar-refractivity contribution in [2.45, 2.75) is 19.6 Å². The van der Waals surface area contributed by atoms with Crippen molar-refractivity contribution >= 4 is 5.97 Å². The Bertz CT molecular complexity index is 717. The minimum absolute atomic E-state index is 0.214. The van der Waals surface area contributed by atoms with Gasteiger partial charge in [-0.2, -0.15) is 0 Å². The Balaban J connectivity index is 1.53. The molecule has 1 aliphatic rings. The zero-order chi connectivity index (χ0) is 17.6. The molecule has 0 bridgehead atoms. The molecular weight excluding hydrogens is 318 g/mol. The Morgan fingerprint density at radius 1 is 1.12 bits per heavy atom. The van der Waals surface area contributed by atoms with Crippen molar-refractivity contribution in [3.05, 3.63) is 59.7 Å². The van der Waals surface area contributed by atoms with Crippen molar-refractivity contribution < 1.29 is 19.0 Å². The Morgan fingerprint density at radius 2 is 1.84 bits per heavy atom. The van der Waals surface area contributed by atoms with E-state index in [1.165, 1.54) is 5.56 Å². The average Bonchev–Trinajstić information content (AvgIpc) is 2.61. The first-order valence-electron chi connectivity index (χ1n) is 8.45. The van der Waals surface area contributed by atoms with Crippen LogP contribution in [0.2, 0.25) is 0 Å². The number of hydrogen-bond donors (Lipinski definition) is 0. The van der Waals surface area contributed by atoms with Crippen LogP contribution in [0.25, 0.3) is 0 Å². The number of rotatable bonds is 6. The zero-order valence-electron chi connectivity index (χ0n) is 14.6. The van der Waals surface area contributed by atoms with Gasteiger partial charge in [0.1, 0.15) is 19.3 Å². The van der Waals surface area contributed by atoms with Gasteiger partial charge in [-0.15, -0.1) is 0 Å². The maximum Gasteiger partial charge on any atom is 0.338 e. The maximum absolute atomic E-state index is 12.3. The van der Waals surface area contributed by atoms with Crippen LogP contribution in [0.3, 0.4) is 0 Å². The van der Waals surface area contributed by atoms with E-state index >= 15 is 0 Å². The van der Waals surface area contributed by atoms with Crippen LogP contribution in [-0.4, -0.2) is 43.8 Å². The molecule has 1 heterocycles. The van der Waals surface area contributed by atoms with Gasteiger partial charge < -0.3 is 14.2 Å². The Kier molecular flexibility index (Phi) is 5.56. The fourth-order valence-electron chi connectivity index (χ4n) is 2.86. The van der Waals surface area contributed by atoms with Gasteiger partial charge in [-0.3, -0.25) is 4.90 Å². The smallest absolute Gasteiger partial charge is 0.338 e. The lowest BCUT2D eigenvalue weighted by molar-refractivity contribution is 0.0267. The van der Waals surface area contributed by atoms with E-state index in [0.717, 1.165) is 6.54 Å². The minimum Gasteiger partial charge on any atom is -0.486 e. The molecule has 25 heavy (non-hydrogen) atoms. The highest BCUT2D eigenvalue weighted by atomic mass is 16.6. The summed E-state index contributed by atoms with van der Waals surface area (Å²) in [6, 6.07) is 15.3. The van der Waals surface area contributed by atoms with Crippen LogP contribution < -0.4 is 9.47 Å². The number of hydrogen-bond acceptors (Lipinski definition) is 5. The highest BCUT2D eigenvalue weighted by molar-refractivity contribution is 5.90. The summed E-state index contributed by atoms with van der Waals surface area (Å²) in [5, 5.41) is 0. The molecule has 0 fully saturated rings. The molecule has 0 saturated carbocycles. The molecule has 5 nitrogen and oxygen atoms in total. The molecule has 0 N–H and O–H groups in total. The number of ether oxygens (including phenoxy) is 3. The molecule has 0 spiro atoms. The van der Waals surface area contributed by atoms with E-state index in [-0.39, 0.29) is 12.1 Å².